The van der Waals surface area contributed by atoms with E-state index in [2.05, 4.69) is 158 Å². The molecule has 1 atom stereocenters. The van der Waals surface area contributed by atoms with Crippen LogP contribution < -0.4 is 4.74 Å². The quantitative estimate of drug-likeness (QED) is 0.174. The molecule has 0 saturated heterocycles. The standard InChI is InChI=1S/C58H35N3O/c59-36-37-23-25-38(26-24-37)43-30-31-44(46-18-8-7-17-45(43)46)41-27-29-48-47-19-9-10-20-49(47)58(51(48)33-41)50-21-11-12-22-55(50)62-56-32-28-42(34-52(56)58)54-35-53(39-13-3-1-4-14-39)60-57(61-54)40-15-5-2-6-16-40/h1-35H. The van der Waals surface area contributed by atoms with E-state index in [-0.39, 0.29) is 0 Å². The smallest absolute Gasteiger partial charge is 0.160 e. The number of rotatable bonds is 5. The average molecular weight is 790 g/mol. The van der Waals surface area contributed by atoms with E-state index in [1.165, 1.54) is 27.6 Å². The highest BCUT2D eigenvalue weighted by molar-refractivity contribution is 6.05. The molecule has 288 valence electrons. The molecule has 4 heteroatoms. The molecule has 2 heterocycles. The molecular weight excluding hydrogens is 755 g/mol. The summed E-state index contributed by atoms with van der Waals surface area (Å²) in [5.74, 6) is 2.34. The van der Waals surface area contributed by atoms with Gasteiger partial charge in [0.1, 0.15) is 11.5 Å². The predicted octanol–water partition coefficient (Wildman–Crippen LogP) is 14.3. The van der Waals surface area contributed by atoms with Crippen LogP contribution in [0.4, 0.5) is 0 Å². The first kappa shape index (κ1) is 35.5. The van der Waals surface area contributed by atoms with Gasteiger partial charge in [-0.3, -0.25) is 0 Å². The monoisotopic (exact) mass is 789 g/mol. The topological polar surface area (TPSA) is 58.8 Å². The lowest BCUT2D eigenvalue weighted by Crippen LogP contribution is -2.32. The molecule has 1 spiro atoms. The highest BCUT2D eigenvalue weighted by atomic mass is 16.5. The minimum atomic E-state index is -0.697. The van der Waals surface area contributed by atoms with Gasteiger partial charge in [0.2, 0.25) is 0 Å². The van der Waals surface area contributed by atoms with E-state index in [0.29, 0.717) is 11.4 Å². The van der Waals surface area contributed by atoms with Crippen LogP contribution in [0.3, 0.4) is 0 Å². The highest BCUT2D eigenvalue weighted by Crippen LogP contribution is 2.63. The van der Waals surface area contributed by atoms with Crippen LogP contribution in [-0.2, 0) is 5.41 Å². The SMILES string of the molecule is N#Cc1ccc(-c2ccc(-c3ccc4c(c3)C3(c5ccccc5Oc5ccc(-c6cc(-c7ccccc7)nc(-c7ccccc7)n6)cc53)c3ccccc3-4)c3ccccc23)cc1. The Kier molecular flexibility index (Phi) is 8.10. The molecule has 62 heavy (non-hydrogen) atoms. The van der Waals surface area contributed by atoms with Crippen molar-refractivity contribution in [1.29, 1.82) is 5.26 Å². The van der Waals surface area contributed by atoms with E-state index < -0.39 is 5.41 Å². The second kappa shape index (κ2) is 14.1. The maximum absolute atomic E-state index is 9.46. The first-order valence-corrected chi connectivity index (χ1v) is 20.9. The second-order valence-corrected chi connectivity index (χ2v) is 16.0. The molecule has 10 aromatic rings. The van der Waals surface area contributed by atoms with Crippen molar-refractivity contribution in [2.45, 2.75) is 5.41 Å². The third kappa shape index (κ3) is 5.46. The van der Waals surface area contributed by atoms with Crippen molar-refractivity contribution in [3.63, 3.8) is 0 Å². The zero-order chi connectivity index (χ0) is 41.2. The van der Waals surface area contributed by atoms with Gasteiger partial charge in [0.25, 0.3) is 0 Å². The lowest BCUT2D eigenvalue weighted by Gasteiger charge is -2.39. The minimum Gasteiger partial charge on any atom is -0.457 e. The molecule has 1 aliphatic carbocycles. The van der Waals surface area contributed by atoms with Crippen molar-refractivity contribution in [3.05, 3.63) is 240 Å². The summed E-state index contributed by atoms with van der Waals surface area (Å²) in [6.07, 6.45) is 0. The summed E-state index contributed by atoms with van der Waals surface area (Å²) in [5.41, 5.74) is 16.2. The van der Waals surface area contributed by atoms with E-state index in [9.17, 15) is 5.26 Å². The molecule has 0 radical (unpaired) electrons. The van der Waals surface area contributed by atoms with Crippen LogP contribution in [0.1, 0.15) is 27.8 Å². The van der Waals surface area contributed by atoms with E-state index >= 15 is 0 Å². The highest BCUT2D eigenvalue weighted by Gasteiger charge is 2.51. The minimum absolute atomic E-state index is 0.650. The number of nitrogens with zero attached hydrogens (tertiary/aromatic N) is 3. The van der Waals surface area contributed by atoms with Crippen LogP contribution in [0.5, 0.6) is 11.5 Å². The first-order chi connectivity index (χ1) is 30.7. The van der Waals surface area contributed by atoms with Gasteiger partial charge in [-0.05, 0) is 104 Å². The molecule has 1 aliphatic heterocycles. The molecule has 12 rings (SSSR count). The van der Waals surface area contributed by atoms with E-state index in [1.807, 2.05) is 60.7 Å². The third-order valence-electron chi connectivity index (χ3n) is 12.6. The van der Waals surface area contributed by atoms with Crippen molar-refractivity contribution in [3.8, 4) is 84.9 Å². The third-order valence-corrected chi connectivity index (χ3v) is 12.6. The van der Waals surface area contributed by atoms with E-state index in [4.69, 9.17) is 14.7 Å². The number of hydrogen-bond donors (Lipinski definition) is 0. The van der Waals surface area contributed by atoms with Gasteiger partial charge in [0, 0.05) is 27.8 Å². The van der Waals surface area contributed by atoms with Crippen molar-refractivity contribution < 1.29 is 4.74 Å². The summed E-state index contributed by atoms with van der Waals surface area (Å²) in [4.78, 5) is 10.3. The van der Waals surface area contributed by atoms with Crippen LogP contribution in [0.15, 0.2) is 212 Å². The van der Waals surface area contributed by atoms with Crippen LogP contribution in [-0.4, -0.2) is 9.97 Å². The Labute approximate surface area is 359 Å². The van der Waals surface area contributed by atoms with Gasteiger partial charge in [-0.2, -0.15) is 5.26 Å². The number of fused-ring (bicyclic) bond motifs is 10. The summed E-state index contributed by atoms with van der Waals surface area (Å²) in [6.45, 7) is 0. The molecule has 1 unspecified atom stereocenters. The van der Waals surface area contributed by atoms with E-state index in [0.717, 1.165) is 78.3 Å². The number of hydrogen-bond acceptors (Lipinski definition) is 4. The average Bonchev–Trinajstić information content (AvgIpc) is 3.64. The number of aromatic nitrogens is 2. The Morgan fingerprint density at radius 2 is 0.903 bits per heavy atom. The maximum Gasteiger partial charge on any atom is 0.160 e. The van der Waals surface area contributed by atoms with Crippen LogP contribution in [0.25, 0.3) is 78.1 Å². The Morgan fingerprint density at radius 1 is 0.371 bits per heavy atom. The Morgan fingerprint density at radius 3 is 1.65 bits per heavy atom. The number of para-hydroxylation sites is 1. The zero-order valence-electron chi connectivity index (χ0n) is 33.5. The molecular formula is C58H35N3O. The Balaban J connectivity index is 1.09. The van der Waals surface area contributed by atoms with Gasteiger partial charge >= 0.3 is 0 Å². The Bertz CT molecular complexity index is 3390. The summed E-state index contributed by atoms with van der Waals surface area (Å²) in [6, 6.07) is 76.8. The fourth-order valence-corrected chi connectivity index (χ4v) is 9.82. The number of benzene rings is 9. The van der Waals surface area contributed by atoms with Crippen molar-refractivity contribution >= 4 is 10.8 Å². The lowest BCUT2D eigenvalue weighted by molar-refractivity contribution is 0.436. The zero-order valence-corrected chi connectivity index (χ0v) is 33.5. The summed E-state index contributed by atoms with van der Waals surface area (Å²) < 4.78 is 6.86. The molecule has 0 bridgehead atoms. The Hall–Kier alpha value is -8.39. The van der Waals surface area contributed by atoms with Gasteiger partial charge in [0.05, 0.1) is 28.4 Å². The molecule has 1 aromatic heterocycles. The molecule has 0 fully saturated rings. The molecule has 0 N–H and O–H groups in total. The van der Waals surface area contributed by atoms with Gasteiger partial charge in [-0.15, -0.1) is 0 Å². The second-order valence-electron chi connectivity index (χ2n) is 16.0. The van der Waals surface area contributed by atoms with Crippen LogP contribution in [0.2, 0.25) is 0 Å². The molecule has 2 aliphatic rings. The first-order valence-electron chi connectivity index (χ1n) is 20.9. The molecule has 0 amide bonds. The van der Waals surface area contributed by atoms with Gasteiger partial charge in [-0.25, -0.2) is 9.97 Å². The van der Waals surface area contributed by atoms with E-state index in [1.54, 1.807) is 0 Å². The van der Waals surface area contributed by atoms with Crippen LogP contribution in [0, 0.1) is 11.3 Å². The fourth-order valence-electron chi connectivity index (χ4n) is 9.82. The molecule has 4 nitrogen and oxygen atoms in total. The molecule has 9 aromatic carbocycles. The van der Waals surface area contributed by atoms with Gasteiger partial charge < -0.3 is 4.74 Å². The summed E-state index contributed by atoms with van der Waals surface area (Å²) in [7, 11) is 0. The molecule has 0 saturated carbocycles. The van der Waals surface area contributed by atoms with Crippen LogP contribution >= 0.6 is 0 Å². The van der Waals surface area contributed by atoms with Gasteiger partial charge in [0.15, 0.2) is 5.82 Å². The van der Waals surface area contributed by atoms with Crippen molar-refractivity contribution in [2.75, 3.05) is 0 Å². The summed E-state index contributed by atoms with van der Waals surface area (Å²) >= 11 is 0. The number of ether oxygens (including phenoxy) is 1. The van der Waals surface area contributed by atoms with Crippen molar-refractivity contribution in [2.24, 2.45) is 0 Å². The fraction of sp³-hybridized carbons (Fsp3) is 0.0172. The predicted molar refractivity (Wildman–Crippen MR) is 249 cm³/mol. The normalized spacial score (nSPS) is 14.3. The largest absolute Gasteiger partial charge is 0.457 e. The lowest BCUT2D eigenvalue weighted by atomic mass is 9.65. The number of nitriles is 1. The maximum atomic E-state index is 9.46. The van der Waals surface area contributed by atoms with Crippen molar-refractivity contribution in [1.82, 2.24) is 9.97 Å². The van der Waals surface area contributed by atoms with Gasteiger partial charge in [-0.1, -0.05) is 164 Å². The summed E-state index contributed by atoms with van der Waals surface area (Å²) in [5, 5.41) is 11.8.